The number of aryl methyl sites for hydroxylation is 2. The van der Waals surface area contributed by atoms with Crippen molar-refractivity contribution in [2.75, 3.05) is 0 Å². The molecule has 2 N–H and O–H groups in total. The van der Waals surface area contributed by atoms with E-state index in [0.717, 1.165) is 28.1 Å². The number of allylic oxidation sites excluding steroid dienone is 2. The summed E-state index contributed by atoms with van der Waals surface area (Å²) in [6.07, 6.45) is 5.16. The number of aliphatic hydroxyl groups is 1. The smallest absolute Gasteiger partial charge is 0.325 e. The Kier molecular flexibility index (Phi) is 13.1. The van der Waals surface area contributed by atoms with Crippen molar-refractivity contribution < 1.29 is 30.0 Å². The van der Waals surface area contributed by atoms with E-state index in [9.17, 15) is 9.90 Å². The molecular weight excluding hydrogens is 865 g/mol. The van der Waals surface area contributed by atoms with Gasteiger partial charge in [0.15, 0.2) is 0 Å². The molecule has 6 aromatic carbocycles. The minimum absolute atomic E-state index is 0. The molecule has 0 saturated heterocycles. The first kappa shape index (κ1) is 41.7. The molecule has 0 aliphatic carbocycles. The van der Waals surface area contributed by atoms with Crippen molar-refractivity contribution >= 4 is 48.9 Å². The molecule has 288 valence electrons. The van der Waals surface area contributed by atoms with Crippen LogP contribution in [0.5, 0.6) is 0 Å². The fraction of sp³-hybridized carbons (Fsp3) is 0.196. The molecule has 0 aliphatic rings. The molecule has 0 saturated carbocycles. The van der Waals surface area contributed by atoms with Crippen LogP contribution in [0.4, 0.5) is 0 Å². The second-order valence-electron chi connectivity index (χ2n) is 16.0. The molecule has 0 bridgehead atoms. The van der Waals surface area contributed by atoms with E-state index < -0.39 is 0 Å². The van der Waals surface area contributed by atoms with Crippen molar-refractivity contribution in [1.29, 1.82) is 0 Å². The maximum absolute atomic E-state index is 9.60. The van der Waals surface area contributed by atoms with Crippen molar-refractivity contribution in [1.82, 2.24) is 9.97 Å². The summed E-state index contributed by atoms with van der Waals surface area (Å²) in [5, 5.41) is 19.7. The fourth-order valence-corrected chi connectivity index (χ4v) is 6.44. The maximum Gasteiger partial charge on any atom is 0.325 e. The van der Waals surface area contributed by atoms with E-state index >= 15 is 0 Å². The van der Waals surface area contributed by atoms with Crippen LogP contribution in [-0.2, 0) is 20.1 Å². The third-order valence-electron chi connectivity index (χ3n) is 9.53. The number of aromatic nitrogens is 2. The second kappa shape index (κ2) is 17.5. The molecule has 0 unspecified atom stereocenters. The van der Waals surface area contributed by atoms with E-state index in [0.29, 0.717) is 0 Å². The molecule has 0 fully saturated rings. The quantitative estimate of drug-likeness (QED) is 0.0631. The molecule has 56 heavy (non-hydrogen) atoms. The van der Waals surface area contributed by atoms with Crippen LogP contribution in [0.25, 0.3) is 65.6 Å². The normalized spacial score (nSPS) is 11.7. The molecular formula is C51H49IrN2O2-4. The van der Waals surface area contributed by atoms with Crippen LogP contribution >= 0.6 is 0 Å². The summed E-state index contributed by atoms with van der Waals surface area (Å²) in [6, 6.07) is 48.9. The van der Waals surface area contributed by atoms with Crippen molar-refractivity contribution in [2.24, 2.45) is 10.8 Å². The number of ketones is 1. The van der Waals surface area contributed by atoms with E-state index in [1.165, 1.54) is 54.7 Å². The molecule has 0 aliphatic heterocycles. The Labute approximate surface area is 344 Å². The largest absolute Gasteiger partial charge is 3.00 e. The van der Waals surface area contributed by atoms with E-state index in [2.05, 4.69) is 110 Å². The van der Waals surface area contributed by atoms with Crippen LogP contribution in [0.15, 0.2) is 146 Å². The number of carbonyl (C=O) groups excluding carboxylic acids is 1. The minimum atomic E-state index is -0.306. The van der Waals surface area contributed by atoms with Crippen LogP contribution in [0.2, 0.25) is 0 Å². The zero-order chi connectivity index (χ0) is 39.3. The van der Waals surface area contributed by atoms with Gasteiger partial charge in [-0.1, -0.05) is 107 Å². The maximum atomic E-state index is 9.60. The van der Waals surface area contributed by atoms with Crippen LogP contribution in [-0.4, -0.2) is 25.7 Å². The van der Waals surface area contributed by atoms with Gasteiger partial charge in [-0.05, 0) is 87.4 Å². The second-order valence-corrected chi connectivity index (χ2v) is 16.0. The van der Waals surface area contributed by atoms with Gasteiger partial charge in [-0.2, -0.15) is 0 Å². The number of hydrogen-bond donors (Lipinski definition) is 1. The Morgan fingerprint density at radius 1 is 0.607 bits per heavy atom. The molecule has 0 atom stereocenters. The summed E-state index contributed by atoms with van der Waals surface area (Å²) in [5.41, 5.74) is 5.83. The summed E-state index contributed by atoms with van der Waals surface area (Å²) >= 11 is 0. The van der Waals surface area contributed by atoms with Gasteiger partial charge in [-0.3, -0.25) is 4.79 Å². The third kappa shape index (κ3) is 9.66. The fourth-order valence-electron chi connectivity index (χ4n) is 6.44. The predicted octanol–water partition coefficient (Wildman–Crippen LogP) is 13.4. The van der Waals surface area contributed by atoms with Gasteiger partial charge in [0, 0.05) is 17.8 Å². The number of aliphatic hydroxyl groups excluding tert-OH is 1. The van der Waals surface area contributed by atoms with Gasteiger partial charge in [0.1, 0.15) is 5.76 Å². The molecule has 8 aromatic rings. The van der Waals surface area contributed by atoms with Crippen LogP contribution < -0.4 is 0 Å². The van der Waals surface area contributed by atoms with E-state index in [-0.39, 0.29) is 42.5 Å². The molecule has 4 nitrogen and oxygen atoms in total. The van der Waals surface area contributed by atoms with Gasteiger partial charge in [0.2, 0.25) is 0 Å². The number of rotatable bonds is 3. The average molecular weight is 914 g/mol. The predicted molar refractivity (Wildman–Crippen MR) is 233 cm³/mol. The Morgan fingerprint density at radius 2 is 1.21 bits per heavy atom. The van der Waals surface area contributed by atoms with E-state index in [1.807, 2.05) is 90.2 Å². The standard InChI is InChI=1S/C29H20N.C11H8N.C11H20O2.Ir/c1-18-15-19(2)17-21(16-18)29-28-12-11-25-24-8-7-20-5-3-4-6-22(20)23(24)9-10-26(25)27(28)13-14-30-29;1-2-6-10(7-3-1)11-8-4-5-9-12-11;1-10(2,3)8(12)7-9(13)11(4,5)6;/h3-16H,1-2H3;1-6,8-9H;7,12H,1-6H3;/q2*-1;;-3/p+1/b;;8-7-;. The Bertz CT molecular complexity index is 2600. The molecule has 2 aromatic heterocycles. The number of pyridine rings is 2. The van der Waals surface area contributed by atoms with Crippen molar-refractivity contribution in [3.63, 3.8) is 0 Å². The van der Waals surface area contributed by atoms with Gasteiger partial charge in [0.25, 0.3) is 0 Å². The van der Waals surface area contributed by atoms with Crippen LogP contribution in [0.3, 0.4) is 0 Å². The van der Waals surface area contributed by atoms with Gasteiger partial charge >= 0.3 is 5.78 Å². The Hall–Kier alpha value is -5.48. The minimum Gasteiger partial charge on any atom is -3.00 e. The van der Waals surface area contributed by atoms with E-state index in [4.69, 9.17) is 4.98 Å². The molecule has 8 rings (SSSR count). The van der Waals surface area contributed by atoms with Gasteiger partial charge < -0.3 is 35.2 Å². The number of benzene rings is 6. The van der Waals surface area contributed by atoms with Crippen molar-refractivity contribution in [2.45, 2.75) is 55.4 Å². The van der Waals surface area contributed by atoms with Crippen molar-refractivity contribution in [3.8, 4) is 22.5 Å². The molecule has 0 amide bonds. The van der Waals surface area contributed by atoms with Crippen molar-refractivity contribution in [3.05, 3.63) is 169 Å². The number of nitrogens with zero attached hydrogens (tertiary/aromatic N) is 2. The van der Waals surface area contributed by atoms with Crippen LogP contribution in [0.1, 0.15) is 52.7 Å². The Morgan fingerprint density at radius 3 is 1.82 bits per heavy atom. The van der Waals surface area contributed by atoms with Gasteiger partial charge in [-0.25, -0.2) is 0 Å². The van der Waals surface area contributed by atoms with Crippen LogP contribution in [0, 0.1) is 36.8 Å². The van der Waals surface area contributed by atoms with Gasteiger partial charge in [0.05, 0.1) is 11.5 Å². The SMILES string of the molecule is CC(C)(C)C(=[OH+])/C=C(\O)C(C)(C)C.Cc1[c-]c(-c2nccc3c2ccc2c3ccc3c4ccccc4ccc32)cc(C)c1.[Ir-3].[c-]1ccccc1-c1ccccn1. The average Bonchev–Trinajstić information content (AvgIpc) is 3.17. The third-order valence-corrected chi connectivity index (χ3v) is 9.53. The summed E-state index contributed by atoms with van der Waals surface area (Å²) in [7, 11) is 0. The monoisotopic (exact) mass is 914 g/mol. The number of fused-ring (bicyclic) bond motifs is 7. The first-order valence-corrected chi connectivity index (χ1v) is 18.7. The molecule has 0 spiro atoms. The van der Waals surface area contributed by atoms with Gasteiger partial charge in [-0.15, -0.1) is 70.8 Å². The summed E-state index contributed by atoms with van der Waals surface area (Å²) in [5.74, 6) is 0.417. The molecule has 0 radical (unpaired) electrons. The summed E-state index contributed by atoms with van der Waals surface area (Å²) in [6.45, 7) is 15.6. The Balaban J connectivity index is 0.000000192. The summed E-state index contributed by atoms with van der Waals surface area (Å²) in [4.78, 5) is 18.6. The molecule has 2 heterocycles. The van der Waals surface area contributed by atoms with E-state index in [1.54, 1.807) is 6.20 Å². The first-order chi connectivity index (χ1) is 26.2. The number of hydrogen-bond acceptors (Lipinski definition) is 3. The summed E-state index contributed by atoms with van der Waals surface area (Å²) < 4.78 is 0. The molecule has 5 heteroatoms. The zero-order valence-electron chi connectivity index (χ0n) is 33.4. The first-order valence-electron chi connectivity index (χ1n) is 18.7. The topological polar surface area (TPSA) is 67.4 Å². The zero-order valence-corrected chi connectivity index (χ0v) is 35.8.